The van der Waals surface area contributed by atoms with E-state index in [-0.39, 0.29) is 24.2 Å². The summed E-state index contributed by atoms with van der Waals surface area (Å²) in [5, 5.41) is 5.23. The van der Waals surface area contributed by atoms with Gasteiger partial charge in [0.1, 0.15) is 17.3 Å². The van der Waals surface area contributed by atoms with E-state index in [1.165, 1.54) is 7.11 Å². The van der Waals surface area contributed by atoms with E-state index in [1.807, 2.05) is 26.0 Å². The second-order valence-electron chi connectivity index (χ2n) is 8.07. The smallest absolute Gasteiger partial charge is 0.328 e. The third-order valence-electron chi connectivity index (χ3n) is 5.54. The van der Waals surface area contributed by atoms with Crippen LogP contribution in [0, 0.1) is 5.92 Å². The number of nitrogens with one attached hydrogen (secondary N) is 2. The molecule has 1 aliphatic rings. The zero-order chi connectivity index (χ0) is 22.3. The van der Waals surface area contributed by atoms with Crippen LogP contribution in [0.25, 0.3) is 0 Å². The van der Waals surface area contributed by atoms with Crippen LogP contribution in [0.1, 0.15) is 45.1 Å². The number of methoxy groups -OCH3 is 2. The molecule has 166 valence electrons. The Morgan fingerprint density at radius 3 is 2.20 bits per heavy atom. The summed E-state index contributed by atoms with van der Waals surface area (Å²) in [6, 6.07) is 6.40. The minimum absolute atomic E-state index is 0.0349. The number of carbonyl (C=O) groups excluding carboxylic acids is 3. The van der Waals surface area contributed by atoms with Crippen molar-refractivity contribution in [2.45, 2.75) is 62.8 Å². The standard InChI is InChI=1S/C22H32N2O5S/c1-14(2)18(30)19(25)24-22(11-5-6-12-22)21(27)23-17(20(26)29-4)13-15-7-9-16(28-3)10-8-15/h7-10,14,17-18,30H,5-6,11-13H2,1-4H3,(H,23,27)(H,24,25)/t17-,18-/m0/s1. The van der Waals surface area contributed by atoms with Crippen LogP contribution in [0.5, 0.6) is 5.75 Å². The molecule has 0 saturated heterocycles. The molecule has 2 rings (SSSR count). The molecule has 0 aromatic heterocycles. The Bertz CT molecular complexity index is 744. The zero-order valence-electron chi connectivity index (χ0n) is 18.1. The SMILES string of the molecule is COC(=O)[C@H](Cc1ccc(OC)cc1)NC(=O)C1(NC(=O)[C@@H](S)C(C)C)CCCC1. The summed E-state index contributed by atoms with van der Waals surface area (Å²) in [5.41, 5.74) is -0.176. The summed E-state index contributed by atoms with van der Waals surface area (Å²) < 4.78 is 10.1. The van der Waals surface area contributed by atoms with Gasteiger partial charge in [0.05, 0.1) is 19.5 Å². The van der Waals surface area contributed by atoms with Gasteiger partial charge in [-0.15, -0.1) is 0 Å². The number of hydrogen-bond acceptors (Lipinski definition) is 6. The predicted octanol–water partition coefficient (Wildman–Crippen LogP) is 2.28. The van der Waals surface area contributed by atoms with Crippen molar-refractivity contribution >= 4 is 30.4 Å². The number of amides is 2. The van der Waals surface area contributed by atoms with Crippen molar-refractivity contribution in [1.82, 2.24) is 10.6 Å². The zero-order valence-corrected chi connectivity index (χ0v) is 19.0. The Morgan fingerprint density at radius 1 is 1.10 bits per heavy atom. The number of esters is 1. The van der Waals surface area contributed by atoms with Crippen LogP contribution in [-0.2, 0) is 25.5 Å². The number of benzene rings is 1. The molecule has 0 heterocycles. The van der Waals surface area contributed by atoms with E-state index in [2.05, 4.69) is 23.3 Å². The molecule has 0 spiro atoms. The normalized spacial score (nSPS) is 17.1. The highest BCUT2D eigenvalue weighted by Gasteiger charge is 2.44. The van der Waals surface area contributed by atoms with Crippen LogP contribution in [0.2, 0.25) is 0 Å². The van der Waals surface area contributed by atoms with Crippen molar-refractivity contribution in [3.05, 3.63) is 29.8 Å². The van der Waals surface area contributed by atoms with Gasteiger partial charge in [-0.3, -0.25) is 9.59 Å². The summed E-state index contributed by atoms with van der Waals surface area (Å²) in [4.78, 5) is 38.2. The van der Waals surface area contributed by atoms with Gasteiger partial charge < -0.3 is 20.1 Å². The van der Waals surface area contributed by atoms with Crippen LogP contribution in [-0.4, -0.2) is 48.8 Å². The van der Waals surface area contributed by atoms with E-state index < -0.39 is 22.8 Å². The first-order valence-corrected chi connectivity index (χ1v) is 10.8. The first kappa shape index (κ1) is 24.1. The summed E-state index contributed by atoms with van der Waals surface area (Å²) in [6.07, 6.45) is 2.98. The van der Waals surface area contributed by atoms with E-state index in [9.17, 15) is 14.4 Å². The summed E-state index contributed by atoms with van der Waals surface area (Å²) >= 11 is 4.37. The van der Waals surface area contributed by atoms with Gasteiger partial charge in [-0.2, -0.15) is 12.6 Å². The number of ether oxygens (including phenoxy) is 2. The molecule has 7 nitrogen and oxygen atoms in total. The Morgan fingerprint density at radius 2 is 1.70 bits per heavy atom. The lowest BCUT2D eigenvalue weighted by molar-refractivity contribution is -0.146. The van der Waals surface area contributed by atoms with E-state index in [4.69, 9.17) is 9.47 Å². The Labute approximate surface area is 183 Å². The van der Waals surface area contributed by atoms with Crippen molar-refractivity contribution < 1.29 is 23.9 Å². The molecule has 0 radical (unpaired) electrons. The molecule has 0 bridgehead atoms. The van der Waals surface area contributed by atoms with Gasteiger partial charge in [0.2, 0.25) is 11.8 Å². The number of thiol groups is 1. The van der Waals surface area contributed by atoms with Crippen molar-refractivity contribution in [2.24, 2.45) is 5.92 Å². The largest absolute Gasteiger partial charge is 0.497 e. The third-order valence-corrected chi connectivity index (χ3v) is 6.38. The molecule has 2 N–H and O–H groups in total. The fourth-order valence-corrected chi connectivity index (χ4v) is 3.69. The highest BCUT2D eigenvalue weighted by Crippen LogP contribution is 2.31. The molecule has 1 aromatic rings. The van der Waals surface area contributed by atoms with E-state index in [0.29, 0.717) is 18.6 Å². The van der Waals surface area contributed by atoms with Gasteiger partial charge in [-0.1, -0.05) is 38.8 Å². The van der Waals surface area contributed by atoms with E-state index >= 15 is 0 Å². The van der Waals surface area contributed by atoms with Crippen molar-refractivity contribution in [3.63, 3.8) is 0 Å². The van der Waals surface area contributed by atoms with Gasteiger partial charge in [0, 0.05) is 6.42 Å². The van der Waals surface area contributed by atoms with Gasteiger partial charge in [-0.25, -0.2) is 4.79 Å². The maximum absolute atomic E-state index is 13.2. The van der Waals surface area contributed by atoms with Gasteiger partial charge >= 0.3 is 5.97 Å². The quantitative estimate of drug-likeness (QED) is 0.408. The minimum atomic E-state index is -1.03. The van der Waals surface area contributed by atoms with Crippen LogP contribution >= 0.6 is 12.6 Å². The van der Waals surface area contributed by atoms with Crippen LogP contribution in [0.4, 0.5) is 0 Å². The van der Waals surface area contributed by atoms with E-state index in [0.717, 1.165) is 18.4 Å². The third kappa shape index (κ3) is 5.90. The molecule has 30 heavy (non-hydrogen) atoms. The maximum atomic E-state index is 13.2. The van der Waals surface area contributed by atoms with Crippen molar-refractivity contribution in [2.75, 3.05) is 14.2 Å². The summed E-state index contributed by atoms with van der Waals surface area (Å²) in [6.45, 7) is 3.81. The summed E-state index contributed by atoms with van der Waals surface area (Å²) in [7, 11) is 2.87. The van der Waals surface area contributed by atoms with E-state index in [1.54, 1.807) is 19.2 Å². The van der Waals surface area contributed by atoms with Crippen LogP contribution < -0.4 is 15.4 Å². The van der Waals surface area contributed by atoms with Gasteiger partial charge in [0.15, 0.2) is 0 Å². The number of carbonyl (C=O) groups is 3. The molecule has 0 unspecified atom stereocenters. The first-order valence-electron chi connectivity index (χ1n) is 10.2. The molecular formula is C22H32N2O5S. The average Bonchev–Trinajstić information content (AvgIpc) is 3.22. The molecule has 1 aromatic carbocycles. The van der Waals surface area contributed by atoms with Crippen LogP contribution in [0.15, 0.2) is 24.3 Å². The second-order valence-corrected chi connectivity index (χ2v) is 8.63. The van der Waals surface area contributed by atoms with Gasteiger partial charge in [-0.05, 0) is 36.5 Å². The van der Waals surface area contributed by atoms with Crippen LogP contribution in [0.3, 0.4) is 0 Å². The molecule has 1 saturated carbocycles. The second kappa shape index (κ2) is 10.7. The molecule has 2 atom stereocenters. The topological polar surface area (TPSA) is 93.7 Å². The average molecular weight is 437 g/mol. The molecular weight excluding hydrogens is 404 g/mol. The molecule has 1 aliphatic carbocycles. The molecule has 0 aliphatic heterocycles. The highest BCUT2D eigenvalue weighted by atomic mass is 32.1. The number of hydrogen-bond donors (Lipinski definition) is 3. The predicted molar refractivity (Wildman–Crippen MR) is 118 cm³/mol. The first-order chi connectivity index (χ1) is 14.2. The number of rotatable bonds is 9. The lowest BCUT2D eigenvalue weighted by Crippen LogP contribution is -2.61. The fraction of sp³-hybridized carbons (Fsp3) is 0.591. The maximum Gasteiger partial charge on any atom is 0.328 e. The Hall–Kier alpha value is -2.22. The molecule has 2 amide bonds. The Kier molecular flexibility index (Phi) is 8.58. The lowest BCUT2D eigenvalue weighted by Gasteiger charge is -2.32. The Balaban J connectivity index is 2.16. The van der Waals surface area contributed by atoms with Crippen molar-refractivity contribution in [1.29, 1.82) is 0 Å². The van der Waals surface area contributed by atoms with Gasteiger partial charge in [0.25, 0.3) is 0 Å². The minimum Gasteiger partial charge on any atom is -0.497 e. The van der Waals surface area contributed by atoms with Crippen molar-refractivity contribution in [3.8, 4) is 5.75 Å². The molecule has 1 fully saturated rings. The molecule has 8 heteroatoms. The monoisotopic (exact) mass is 436 g/mol. The fourth-order valence-electron chi connectivity index (χ4n) is 3.63. The summed E-state index contributed by atoms with van der Waals surface area (Å²) in [5.74, 6) is -0.422. The highest BCUT2D eigenvalue weighted by molar-refractivity contribution is 7.81. The lowest BCUT2D eigenvalue weighted by atomic mass is 9.94.